The first-order valence-corrected chi connectivity index (χ1v) is 11.3. The van der Waals surface area contributed by atoms with E-state index in [1.54, 1.807) is 17.0 Å². The van der Waals surface area contributed by atoms with Gasteiger partial charge < -0.3 is 15.2 Å². The lowest BCUT2D eigenvalue weighted by molar-refractivity contribution is -0.138. The second-order valence-electron chi connectivity index (χ2n) is 8.38. The average Bonchev–Trinajstić information content (AvgIpc) is 2.78. The molecule has 3 heterocycles. The predicted octanol–water partition coefficient (Wildman–Crippen LogP) is 3.23. The van der Waals surface area contributed by atoms with Crippen molar-refractivity contribution in [1.29, 1.82) is 0 Å². The summed E-state index contributed by atoms with van der Waals surface area (Å²) in [7, 11) is 0. The lowest BCUT2D eigenvalue weighted by atomic mass is 9.89. The van der Waals surface area contributed by atoms with Gasteiger partial charge in [-0.2, -0.15) is 0 Å². The molecular weight excluding hydrogens is 416 g/mol. The fourth-order valence-corrected chi connectivity index (χ4v) is 4.53. The number of rotatable bonds is 5. The number of benzene rings is 1. The average molecular weight is 443 g/mol. The maximum atomic E-state index is 13.2. The fourth-order valence-electron chi connectivity index (χ4n) is 4.41. The van der Waals surface area contributed by atoms with E-state index in [1.165, 1.54) is 0 Å². The first kappa shape index (κ1) is 21.6. The van der Waals surface area contributed by atoms with Crippen LogP contribution in [0.1, 0.15) is 56.2 Å². The smallest absolute Gasteiger partial charge is 0.256 e. The highest BCUT2D eigenvalue weighted by atomic mass is 35.5. The second-order valence-corrected chi connectivity index (χ2v) is 8.82. The number of fused-ring (bicyclic) bond motifs is 1. The molecular formula is C23H27ClN4O3. The zero-order valence-corrected chi connectivity index (χ0v) is 18.4. The predicted molar refractivity (Wildman–Crippen MR) is 119 cm³/mol. The number of hydrogen-bond acceptors (Lipinski definition) is 4. The molecule has 2 atom stereocenters. The molecule has 2 aliphatic rings. The number of nitrogens with zero attached hydrogens (tertiary/aromatic N) is 2. The van der Waals surface area contributed by atoms with Gasteiger partial charge in [0.2, 0.25) is 11.8 Å². The van der Waals surface area contributed by atoms with Gasteiger partial charge in [0.05, 0.1) is 23.7 Å². The minimum Gasteiger partial charge on any atom is -0.355 e. The van der Waals surface area contributed by atoms with Crippen LogP contribution in [-0.4, -0.2) is 39.8 Å². The third-order valence-corrected chi connectivity index (χ3v) is 6.43. The van der Waals surface area contributed by atoms with Crippen molar-refractivity contribution in [3.8, 4) is 11.4 Å². The number of unbranched alkanes of at least 4 members (excludes halogenated alkanes) is 1. The molecule has 8 heteroatoms. The molecule has 0 aliphatic carbocycles. The number of nitrogens with one attached hydrogen (secondary N) is 2. The van der Waals surface area contributed by atoms with Crippen molar-refractivity contribution < 1.29 is 9.59 Å². The Balaban J connectivity index is 1.65. The summed E-state index contributed by atoms with van der Waals surface area (Å²) < 4.78 is 0. The SMILES string of the molecule is CCCCC1CN(C(=O)C2CCC(=O)NC2)Cc2c1nc(-c1ccc(Cl)cc1)[nH]c2=O. The van der Waals surface area contributed by atoms with Crippen LogP contribution in [0.25, 0.3) is 11.4 Å². The molecule has 0 bridgehead atoms. The number of aromatic nitrogens is 2. The minimum absolute atomic E-state index is 0.00771. The van der Waals surface area contributed by atoms with Gasteiger partial charge in [-0.25, -0.2) is 4.98 Å². The molecule has 4 rings (SSSR count). The molecule has 0 spiro atoms. The molecule has 0 saturated carbocycles. The van der Waals surface area contributed by atoms with Gasteiger partial charge >= 0.3 is 0 Å². The van der Waals surface area contributed by atoms with Crippen LogP contribution in [0.3, 0.4) is 0 Å². The highest BCUT2D eigenvalue weighted by Crippen LogP contribution is 2.32. The Morgan fingerprint density at radius 3 is 2.71 bits per heavy atom. The Kier molecular flexibility index (Phi) is 6.41. The summed E-state index contributed by atoms with van der Waals surface area (Å²) in [6, 6.07) is 7.22. The summed E-state index contributed by atoms with van der Waals surface area (Å²) in [6.07, 6.45) is 3.81. The van der Waals surface area contributed by atoms with Gasteiger partial charge in [0.1, 0.15) is 5.82 Å². The number of carbonyl (C=O) groups excluding carboxylic acids is 2. The molecule has 2 amide bonds. The lowest BCUT2D eigenvalue weighted by Crippen LogP contribution is -2.48. The summed E-state index contributed by atoms with van der Waals surface area (Å²) in [4.78, 5) is 47.1. The Hall–Kier alpha value is -2.67. The van der Waals surface area contributed by atoms with Gasteiger partial charge in [0, 0.05) is 36.0 Å². The monoisotopic (exact) mass is 442 g/mol. The van der Waals surface area contributed by atoms with Gasteiger partial charge in [0.25, 0.3) is 5.56 Å². The number of piperidine rings is 1. The van der Waals surface area contributed by atoms with Crippen LogP contribution in [-0.2, 0) is 16.1 Å². The van der Waals surface area contributed by atoms with E-state index in [-0.39, 0.29) is 35.8 Å². The Labute approximate surface area is 186 Å². The van der Waals surface area contributed by atoms with E-state index in [0.717, 1.165) is 30.5 Å². The van der Waals surface area contributed by atoms with Crippen LogP contribution in [0.5, 0.6) is 0 Å². The highest BCUT2D eigenvalue weighted by molar-refractivity contribution is 6.30. The van der Waals surface area contributed by atoms with Crippen LogP contribution in [0.4, 0.5) is 0 Å². The van der Waals surface area contributed by atoms with Crippen molar-refractivity contribution in [1.82, 2.24) is 20.2 Å². The molecule has 2 aromatic rings. The van der Waals surface area contributed by atoms with Crippen LogP contribution in [0, 0.1) is 5.92 Å². The number of hydrogen-bond donors (Lipinski definition) is 2. The lowest BCUT2D eigenvalue weighted by Gasteiger charge is -2.36. The zero-order chi connectivity index (χ0) is 22.0. The topological polar surface area (TPSA) is 95.2 Å². The van der Waals surface area contributed by atoms with Crippen molar-refractivity contribution in [2.75, 3.05) is 13.1 Å². The van der Waals surface area contributed by atoms with Crippen molar-refractivity contribution in [3.63, 3.8) is 0 Å². The molecule has 2 aliphatic heterocycles. The van der Waals surface area contributed by atoms with E-state index in [0.29, 0.717) is 42.3 Å². The van der Waals surface area contributed by atoms with Crippen molar-refractivity contribution >= 4 is 23.4 Å². The highest BCUT2D eigenvalue weighted by Gasteiger charge is 2.35. The van der Waals surface area contributed by atoms with Gasteiger partial charge in [-0.3, -0.25) is 14.4 Å². The van der Waals surface area contributed by atoms with E-state index < -0.39 is 0 Å². The first-order valence-electron chi connectivity index (χ1n) is 10.9. The largest absolute Gasteiger partial charge is 0.355 e. The second kappa shape index (κ2) is 9.22. The van der Waals surface area contributed by atoms with Crippen molar-refractivity contribution in [2.45, 2.75) is 51.5 Å². The third kappa shape index (κ3) is 4.66. The van der Waals surface area contributed by atoms with E-state index >= 15 is 0 Å². The molecule has 0 radical (unpaired) electrons. The zero-order valence-electron chi connectivity index (χ0n) is 17.6. The summed E-state index contributed by atoms with van der Waals surface area (Å²) >= 11 is 5.99. The van der Waals surface area contributed by atoms with Crippen molar-refractivity contribution in [3.05, 3.63) is 50.9 Å². The van der Waals surface area contributed by atoms with Crippen LogP contribution < -0.4 is 10.9 Å². The normalized spacial score (nSPS) is 20.8. The number of carbonyl (C=O) groups is 2. The van der Waals surface area contributed by atoms with Crippen molar-refractivity contribution in [2.24, 2.45) is 5.92 Å². The minimum atomic E-state index is -0.230. The molecule has 2 unspecified atom stereocenters. The molecule has 1 aromatic carbocycles. The van der Waals surface area contributed by atoms with Crippen LogP contribution in [0.15, 0.2) is 29.1 Å². The van der Waals surface area contributed by atoms with Gasteiger partial charge in [-0.15, -0.1) is 0 Å². The van der Waals surface area contributed by atoms with E-state index in [2.05, 4.69) is 17.2 Å². The third-order valence-electron chi connectivity index (χ3n) is 6.17. The summed E-state index contributed by atoms with van der Waals surface area (Å²) in [5, 5.41) is 3.40. The van der Waals surface area contributed by atoms with Crippen LogP contribution in [0.2, 0.25) is 5.02 Å². The van der Waals surface area contributed by atoms with Gasteiger partial charge in [0.15, 0.2) is 0 Å². The maximum Gasteiger partial charge on any atom is 0.256 e. The standard InChI is InChI=1S/C23H27ClN4O3/c1-2-3-4-16-12-28(23(31)15-7-10-19(29)25-11-15)13-18-20(16)26-21(27-22(18)30)14-5-8-17(24)9-6-14/h5-6,8-9,15-16H,2-4,7,10-13H2,1H3,(H,25,29)(H,26,27,30). The number of aromatic amines is 1. The molecule has 164 valence electrons. The summed E-state index contributed by atoms with van der Waals surface area (Å²) in [5.41, 5.74) is 1.96. The van der Waals surface area contributed by atoms with E-state index in [1.807, 2.05) is 12.1 Å². The molecule has 1 fully saturated rings. The Morgan fingerprint density at radius 2 is 2.03 bits per heavy atom. The van der Waals surface area contributed by atoms with Gasteiger partial charge in [-0.1, -0.05) is 31.4 Å². The van der Waals surface area contributed by atoms with E-state index in [4.69, 9.17) is 16.6 Å². The molecule has 1 saturated heterocycles. The first-order chi connectivity index (χ1) is 15.0. The fraction of sp³-hybridized carbons (Fsp3) is 0.478. The quantitative estimate of drug-likeness (QED) is 0.743. The van der Waals surface area contributed by atoms with Gasteiger partial charge in [-0.05, 0) is 37.1 Å². The number of amides is 2. The maximum absolute atomic E-state index is 13.2. The number of H-pyrrole nitrogens is 1. The molecule has 2 N–H and O–H groups in total. The molecule has 7 nitrogen and oxygen atoms in total. The summed E-state index contributed by atoms with van der Waals surface area (Å²) in [6.45, 7) is 3.30. The van der Waals surface area contributed by atoms with E-state index in [9.17, 15) is 14.4 Å². The van der Waals surface area contributed by atoms with Crippen LogP contribution >= 0.6 is 11.6 Å². The number of halogens is 1. The molecule has 31 heavy (non-hydrogen) atoms. The summed E-state index contributed by atoms with van der Waals surface area (Å²) in [5.74, 6) is 0.305. The molecule has 1 aromatic heterocycles. The Bertz CT molecular complexity index is 1020. The Morgan fingerprint density at radius 1 is 1.26 bits per heavy atom.